The lowest BCUT2D eigenvalue weighted by Crippen LogP contribution is -2.42. The lowest BCUT2D eigenvalue weighted by atomic mass is 9.73. The molecule has 0 aromatic rings. The molecule has 19 heavy (non-hydrogen) atoms. The Morgan fingerprint density at radius 3 is 2.47 bits per heavy atom. The molecule has 0 aromatic heterocycles. The fourth-order valence-corrected chi connectivity index (χ4v) is 2.93. The van der Waals surface area contributed by atoms with Crippen LogP contribution in [-0.4, -0.2) is 31.0 Å². The second kappa shape index (κ2) is 5.35. The van der Waals surface area contributed by atoms with Gasteiger partial charge in [-0.2, -0.15) is 0 Å². The van der Waals surface area contributed by atoms with E-state index in [0.29, 0.717) is 17.9 Å². The first-order valence-electron chi connectivity index (χ1n) is 7.16. The fourth-order valence-electron chi connectivity index (χ4n) is 2.93. The fraction of sp³-hybridized carbons (Fsp3) is 0.929. The minimum Gasteiger partial charge on any atom is -0.354 e. The van der Waals surface area contributed by atoms with Crippen LogP contribution in [0.25, 0.3) is 0 Å². The Morgan fingerprint density at radius 1 is 1.32 bits per heavy atom. The van der Waals surface area contributed by atoms with Gasteiger partial charge in [-0.1, -0.05) is 13.8 Å². The van der Waals surface area contributed by atoms with Crippen LogP contribution in [0.2, 0.25) is 0 Å². The van der Waals surface area contributed by atoms with Crippen LogP contribution in [0.5, 0.6) is 0 Å². The molecule has 0 spiro atoms. The summed E-state index contributed by atoms with van der Waals surface area (Å²) in [6.45, 7) is 4.78. The maximum Gasteiger partial charge on any atom is 0.262 e. The third-order valence-corrected chi connectivity index (χ3v) is 4.45. The monoisotopic (exact) mass is 274 g/mol. The number of carbonyl (C=O) groups excluding carboxylic acids is 1. The Morgan fingerprint density at radius 2 is 1.95 bits per heavy atom. The van der Waals surface area contributed by atoms with Gasteiger partial charge in [0.2, 0.25) is 5.91 Å². The van der Waals surface area contributed by atoms with E-state index in [2.05, 4.69) is 24.5 Å². The molecule has 1 aliphatic heterocycles. The summed E-state index contributed by atoms with van der Waals surface area (Å²) in [5.74, 6) is -2.52. The van der Waals surface area contributed by atoms with E-state index in [4.69, 9.17) is 0 Å². The van der Waals surface area contributed by atoms with E-state index in [1.54, 1.807) is 0 Å². The van der Waals surface area contributed by atoms with E-state index in [9.17, 15) is 13.6 Å². The zero-order chi connectivity index (χ0) is 14.1. The Bertz CT molecular complexity index is 334. The van der Waals surface area contributed by atoms with Crippen molar-refractivity contribution in [3.63, 3.8) is 0 Å². The lowest BCUT2D eigenvalue weighted by molar-refractivity contribution is -0.123. The molecule has 2 rings (SSSR count). The highest BCUT2D eigenvalue weighted by molar-refractivity contribution is 5.82. The first kappa shape index (κ1) is 14.7. The maximum atomic E-state index is 13.0. The molecule has 1 amide bonds. The van der Waals surface area contributed by atoms with E-state index in [1.165, 1.54) is 12.8 Å². The van der Waals surface area contributed by atoms with Crippen molar-refractivity contribution in [1.29, 1.82) is 0 Å². The van der Waals surface area contributed by atoms with Gasteiger partial charge in [0.25, 0.3) is 5.92 Å². The number of halogens is 2. The molecule has 3 nitrogen and oxygen atoms in total. The number of hydrogen-bond donors (Lipinski definition) is 2. The van der Waals surface area contributed by atoms with E-state index in [1.807, 2.05) is 0 Å². The molecule has 0 bridgehead atoms. The van der Waals surface area contributed by atoms with Crippen LogP contribution in [0.4, 0.5) is 8.78 Å². The summed E-state index contributed by atoms with van der Waals surface area (Å²) in [5.41, 5.74) is 0.412. The van der Waals surface area contributed by atoms with E-state index in [-0.39, 0.29) is 18.9 Å². The molecule has 2 N–H and O–H groups in total. The maximum absolute atomic E-state index is 13.0. The molecule has 110 valence electrons. The van der Waals surface area contributed by atoms with E-state index >= 15 is 0 Å². The molecule has 1 saturated carbocycles. The summed E-state index contributed by atoms with van der Waals surface area (Å²) in [4.78, 5) is 11.8. The summed E-state index contributed by atoms with van der Waals surface area (Å²) in [6, 6.07) is -0.727. The average molecular weight is 274 g/mol. The molecule has 2 aliphatic rings. The Labute approximate surface area is 113 Å². The molecule has 0 aromatic carbocycles. The van der Waals surface area contributed by atoms with E-state index in [0.717, 1.165) is 12.8 Å². The smallest absolute Gasteiger partial charge is 0.262 e. The Hall–Kier alpha value is -0.710. The van der Waals surface area contributed by atoms with Crippen LogP contribution >= 0.6 is 0 Å². The van der Waals surface area contributed by atoms with Crippen molar-refractivity contribution in [3.8, 4) is 0 Å². The molecule has 1 saturated heterocycles. The van der Waals surface area contributed by atoms with Gasteiger partial charge in [-0.25, -0.2) is 8.78 Å². The summed E-state index contributed by atoms with van der Waals surface area (Å²) >= 11 is 0. The quantitative estimate of drug-likeness (QED) is 0.829. The van der Waals surface area contributed by atoms with Gasteiger partial charge in [-0.3, -0.25) is 10.1 Å². The predicted octanol–water partition coefficient (Wildman–Crippen LogP) is 2.32. The molecule has 1 unspecified atom stereocenters. The number of amides is 1. The molecule has 1 aliphatic carbocycles. The highest BCUT2D eigenvalue weighted by Crippen LogP contribution is 2.37. The topological polar surface area (TPSA) is 41.1 Å². The normalized spacial score (nSPS) is 30.2. The molecule has 2 fully saturated rings. The van der Waals surface area contributed by atoms with Gasteiger partial charge in [-0.05, 0) is 37.0 Å². The van der Waals surface area contributed by atoms with Crippen molar-refractivity contribution >= 4 is 5.91 Å². The number of hydrogen-bond acceptors (Lipinski definition) is 2. The first-order chi connectivity index (χ1) is 8.77. The van der Waals surface area contributed by atoms with Gasteiger partial charge >= 0.3 is 0 Å². The van der Waals surface area contributed by atoms with Gasteiger partial charge in [-0.15, -0.1) is 0 Å². The van der Waals surface area contributed by atoms with Crippen LogP contribution in [0.3, 0.4) is 0 Å². The summed E-state index contributed by atoms with van der Waals surface area (Å²) in [7, 11) is 0. The first-order valence-corrected chi connectivity index (χ1v) is 7.16. The van der Waals surface area contributed by atoms with Crippen LogP contribution in [-0.2, 0) is 4.79 Å². The molecule has 0 radical (unpaired) electrons. The average Bonchev–Trinajstić information content (AvgIpc) is 2.68. The Kier molecular flexibility index (Phi) is 4.14. The number of alkyl halides is 2. The van der Waals surface area contributed by atoms with Crippen molar-refractivity contribution in [3.05, 3.63) is 0 Å². The van der Waals surface area contributed by atoms with Gasteiger partial charge < -0.3 is 5.32 Å². The van der Waals surface area contributed by atoms with Crippen LogP contribution in [0, 0.1) is 11.3 Å². The standard InChI is InChI=1S/C14H24F2N2O/c1-13(2)5-3-10(4-6-13)8-17-12(19)11-7-14(15,16)9-18-11/h10-11,18H,3-9H2,1-2H3,(H,17,19). The van der Waals surface area contributed by atoms with Crippen molar-refractivity contribution in [2.45, 2.75) is 57.9 Å². The number of carbonyl (C=O) groups is 1. The van der Waals surface area contributed by atoms with Crippen molar-refractivity contribution in [2.75, 3.05) is 13.1 Å². The molecule has 5 heteroatoms. The molecule has 1 heterocycles. The second-order valence-electron chi connectivity index (χ2n) is 6.85. The summed E-state index contributed by atoms with van der Waals surface area (Å²) < 4.78 is 26.0. The van der Waals surface area contributed by atoms with Gasteiger partial charge in [0.15, 0.2) is 0 Å². The highest BCUT2D eigenvalue weighted by atomic mass is 19.3. The highest BCUT2D eigenvalue weighted by Gasteiger charge is 2.42. The number of nitrogens with one attached hydrogen (secondary N) is 2. The second-order valence-corrected chi connectivity index (χ2v) is 6.85. The lowest BCUT2D eigenvalue weighted by Gasteiger charge is -2.34. The zero-order valence-corrected chi connectivity index (χ0v) is 11.8. The van der Waals surface area contributed by atoms with Crippen molar-refractivity contribution < 1.29 is 13.6 Å². The largest absolute Gasteiger partial charge is 0.354 e. The Balaban J connectivity index is 1.70. The van der Waals surface area contributed by atoms with Gasteiger partial charge in [0.1, 0.15) is 0 Å². The van der Waals surface area contributed by atoms with Crippen LogP contribution in [0.15, 0.2) is 0 Å². The van der Waals surface area contributed by atoms with Crippen molar-refractivity contribution in [2.24, 2.45) is 11.3 Å². The van der Waals surface area contributed by atoms with E-state index < -0.39 is 12.0 Å². The zero-order valence-electron chi connectivity index (χ0n) is 11.8. The third kappa shape index (κ3) is 4.13. The predicted molar refractivity (Wildman–Crippen MR) is 70.1 cm³/mol. The molecule has 1 atom stereocenters. The summed E-state index contributed by atoms with van der Waals surface area (Å²) in [5, 5.41) is 5.41. The van der Waals surface area contributed by atoms with Gasteiger partial charge in [0, 0.05) is 13.0 Å². The van der Waals surface area contributed by atoms with Crippen LogP contribution < -0.4 is 10.6 Å². The van der Waals surface area contributed by atoms with Gasteiger partial charge in [0.05, 0.1) is 12.6 Å². The van der Waals surface area contributed by atoms with Crippen molar-refractivity contribution in [1.82, 2.24) is 10.6 Å². The molecular weight excluding hydrogens is 250 g/mol. The third-order valence-electron chi connectivity index (χ3n) is 4.45. The van der Waals surface area contributed by atoms with Crippen LogP contribution in [0.1, 0.15) is 46.0 Å². The minimum absolute atomic E-state index is 0.276. The SMILES string of the molecule is CC1(C)CCC(CNC(=O)C2CC(F)(F)CN2)CC1. The minimum atomic E-state index is -2.74. The molecular formula is C14H24F2N2O. The number of rotatable bonds is 3. The summed E-state index contributed by atoms with van der Waals surface area (Å²) in [6.07, 6.45) is 4.19.